The van der Waals surface area contributed by atoms with E-state index in [1.54, 1.807) is 12.4 Å². The van der Waals surface area contributed by atoms with E-state index in [2.05, 4.69) is 14.7 Å². The van der Waals surface area contributed by atoms with Crippen molar-refractivity contribution in [3.63, 3.8) is 0 Å². The summed E-state index contributed by atoms with van der Waals surface area (Å²) >= 11 is 1.34. The fourth-order valence-electron chi connectivity index (χ4n) is 1.20. The van der Waals surface area contributed by atoms with Gasteiger partial charge in [-0.25, -0.2) is 0 Å². The number of methoxy groups -OCH3 is 1. The maximum atomic E-state index is 11.6. The molecule has 0 unspecified atom stereocenters. The quantitative estimate of drug-likeness (QED) is 0.789. The number of amides is 1. The lowest BCUT2D eigenvalue weighted by Gasteiger charge is -2.03. The third-order valence-corrected chi connectivity index (χ3v) is 2.64. The number of nitrogens with one attached hydrogen (secondary N) is 1. The molecule has 0 radical (unpaired) electrons. The molecule has 0 aliphatic carbocycles. The van der Waals surface area contributed by atoms with Crippen LogP contribution in [0.25, 0.3) is 10.1 Å². The lowest BCUT2D eigenvalue weighted by atomic mass is 10.2. The molecule has 15 heavy (non-hydrogen) atoms. The fourth-order valence-corrected chi connectivity index (χ4v) is 1.84. The molecule has 6 heteroatoms. The van der Waals surface area contributed by atoms with E-state index in [4.69, 9.17) is 4.74 Å². The Morgan fingerprint density at radius 2 is 2.53 bits per heavy atom. The topological polar surface area (TPSA) is 64.1 Å². The second-order valence-electron chi connectivity index (χ2n) is 2.84. The van der Waals surface area contributed by atoms with E-state index >= 15 is 0 Å². The summed E-state index contributed by atoms with van der Waals surface area (Å²) in [6.07, 6.45) is 3.25. The van der Waals surface area contributed by atoms with E-state index in [9.17, 15) is 4.79 Å². The molecule has 0 aliphatic rings. The number of hydrogen-bond acceptors (Lipinski definition) is 5. The van der Waals surface area contributed by atoms with Crippen molar-refractivity contribution in [2.75, 3.05) is 13.8 Å². The average Bonchev–Trinajstić information content (AvgIpc) is 2.73. The third-order valence-electron chi connectivity index (χ3n) is 1.88. The van der Waals surface area contributed by atoms with E-state index in [1.165, 1.54) is 18.6 Å². The van der Waals surface area contributed by atoms with Crippen molar-refractivity contribution in [2.24, 2.45) is 0 Å². The predicted molar refractivity (Wildman–Crippen MR) is 56.8 cm³/mol. The monoisotopic (exact) mass is 223 g/mol. The SMILES string of the molecule is COCNC(=O)c1nccc2sncc12. The van der Waals surface area contributed by atoms with Crippen LogP contribution in [0.15, 0.2) is 18.5 Å². The van der Waals surface area contributed by atoms with Crippen LogP contribution in [0.4, 0.5) is 0 Å². The first kappa shape index (κ1) is 10.0. The summed E-state index contributed by atoms with van der Waals surface area (Å²) in [4.78, 5) is 15.7. The largest absolute Gasteiger partial charge is 0.364 e. The maximum absolute atomic E-state index is 11.6. The van der Waals surface area contributed by atoms with E-state index in [0.29, 0.717) is 5.69 Å². The van der Waals surface area contributed by atoms with Gasteiger partial charge in [-0.15, -0.1) is 0 Å². The first-order valence-electron chi connectivity index (χ1n) is 4.29. The second-order valence-corrected chi connectivity index (χ2v) is 3.67. The van der Waals surface area contributed by atoms with Crippen LogP contribution >= 0.6 is 11.5 Å². The van der Waals surface area contributed by atoms with Crippen LogP contribution in [0.1, 0.15) is 10.5 Å². The Morgan fingerprint density at radius 3 is 3.33 bits per heavy atom. The van der Waals surface area contributed by atoms with E-state index in [-0.39, 0.29) is 12.6 Å². The molecular weight excluding hydrogens is 214 g/mol. The minimum absolute atomic E-state index is 0.175. The molecule has 0 fully saturated rings. The van der Waals surface area contributed by atoms with Crippen molar-refractivity contribution in [2.45, 2.75) is 0 Å². The number of pyridine rings is 1. The van der Waals surface area contributed by atoms with Gasteiger partial charge in [0.1, 0.15) is 12.4 Å². The Hall–Kier alpha value is -1.53. The number of rotatable bonds is 3. The van der Waals surface area contributed by atoms with Gasteiger partial charge in [-0.1, -0.05) is 0 Å². The third kappa shape index (κ3) is 1.95. The predicted octanol–water partition coefficient (Wildman–Crippen LogP) is 1.02. The zero-order valence-electron chi connectivity index (χ0n) is 8.06. The molecule has 0 saturated heterocycles. The van der Waals surface area contributed by atoms with E-state index < -0.39 is 0 Å². The van der Waals surface area contributed by atoms with Crippen LogP contribution in [0.2, 0.25) is 0 Å². The van der Waals surface area contributed by atoms with Gasteiger partial charge in [0.25, 0.3) is 5.91 Å². The summed E-state index contributed by atoms with van der Waals surface area (Å²) in [5.74, 6) is -0.248. The standard InChI is InChI=1S/C9H9N3O2S/c1-14-5-11-9(13)8-6-4-12-15-7(6)2-3-10-8/h2-4H,5H2,1H3,(H,11,13). The first-order chi connectivity index (χ1) is 7.33. The Kier molecular flexibility index (Phi) is 2.89. The molecule has 0 aliphatic heterocycles. The number of carbonyl (C=O) groups excluding carboxylic acids is 1. The summed E-state index contributed by atoms with van der Waals surface area (Å²) in [6.45, 7) is 0.175. The molecule has 2 heterocycles. The van der Waals surface area contributed by atoms with Crippen molar-refractivity contribution < 1.29 is 9.53 Å². The van der Waals surface area contributed by atoms with Gasteiger partial charge < -0.3 is 10.1 Å². The summed E-state index contributed by atoms with van der Waals surface area (Å²) in [6, 6.07) is 1.83. The van der Waals surface area contributed by atoms with Crippen LogP contribution in [-0.2, 0) is 4.74 Å². The van der Waals surface area contributed by atoms with Gasteiger partial charge >= 0.3 is 0 Å². The maximum Gasteiger partial charge on any atom is 0.272 e. The van der Waals surface area contributed by atoms with Crippen molar-refractivity contribution in [3.05, 3.63) is 24.2 Å². The highest BCUT2D eigenvalue weighted by molar-refractivity contribution is 7.13. The van der Waals surface area contributed by atoms with Crippen molar-refractivity contribution in [3.8, 4) is 0 Å². The van der Waals surface area contributed by atoms with Crippen molar-refractivity contribution >= 4 is 27.5 Å². The number of ether oxygens (including phenoxy) is 1. The molecular formula is C9H9N3O2S. The van der Waals surface area contributed by atoms with Gasteiger partial charge in [0, 0.05) is 18.7 Å². The molecule has 0 spiro atoms. The Balaban J connectivity index is 2.34. The Labute approximate surface area is 90.3 Å². The molecule has 5 nitrogen and oxygen atoms in total. The molecule has 0 aromatic carbocycles. The van der Waals surface area contributed by atoms with E-state index in [1.807, 2.05) is 6.07 Å². The summed E-state index contributed by atoms with van der Waals surface area (Å²) in [5.41, 5.74) is 0.387. The first-order valence-corrected chi connectivity index (χ1v) is 5.07. The Bertz CT molecular complexity index is 483. The van der Waals surface area contributed by atoms with Crippen LogP contribution in [0.3, 0.4) is 0 Å². The van der Waals surface area contributed by atoms with Crippen LogP contribution in [-0.4, -0.2) is 29.1 Å². The number of fused-ring (bicyclic) bond motifs is 1. The summed E-state index contributed by atoms with van der Waals surface area (Å²) < 4.78 is 9.72. The van der Waals surface area contributed by atoms with Crippen molar-refractivity contribution in [1.82, 2.24) is 14.7 Å². The molecule has 1 amide bonds. The van der Waals surface area contributed by atoms with Crippen LogP contribution in [0.5, 0.6) is 0 Å². The lowest BCUT2D eigenvalue weighted by molar-refractivity contribution is 0.0869. The molecule has 0 bridgehead atoms. The fraction of sp³-hybridized carbons (Fsp3) is 0.222. The number of carbonyl (C=O) groups is 1. The van der Waals surface area contributed by atoms with Gasteiger partial charge in [0.05, 0.1) is 10.9 Å². The molecule has 2 aromatic rings. The number of nitrogens with zero attached hydrogens (tertiary/aromatic N) is 2. The minimum atomic E-state index is -0.248. The highest BCUT2D eigenvalue weighted by Gasteiger charge is 2.11. The van der Waals surface area contributed by atoms with Gasteiger partial charge in [-0.05, 0) is 17.6 Å². The average molecular weight is 223 g/mol. The number of aromatic nitrogens is 2. The lowest BCUT2D eigenvalue weighted by Crippen LogP contribution is -2.26. The Morgan fingerprint density at radius 1 is 1.67 bits per heavy atom. The second kappa shape index (κ2) is 4.33. The van der Waals surface area contributed by atoms with Crippen molar-refractivity contribution in [1.29, 1.82) is 0 Å². The van der Waals surface area contributed by atoms with Gasteiger partial charge in [-0.3, -0.25) is 9.78 Å². The molecule has 0 saturated carbocycles. The van der Waals surface area contributed by atoms with Crippen LogP contribution < -0.4 is 5.32 Å². The molecule has 2 rings (SSSR count). The summed E-state index contributed by atoms with van der Waals surface area (Å²) in [5, 5.41) is 3.36. The van der Waals surface area contributed by atoms with Gasteiger partial charge in [0.15, 0.2) is 0 Å². The van der Waals surface area contributed by atoms with Crippen LogP contribution in [0, 0.1) is 0 Å². The number of hydrogen-bond donors (Lipinski definition) is 1. The molecule has 1 N–H and O–H groups in total. The van der Waals surface area contributed by atoms with E-state index in [0.717, 1.165) is 10.1 Å². The normalized spacial score (nSPS) is 10.5. The minimum Gasteiger partial charge on any atom is -0.364 e. The zero-order chi connectivity index (χ0) is 10.7. The van der Waals surface area contributed by atoms with Gasteiger partial charge in [0.2, 0.25) is 0 Å². The highest BCUT2D eigenvalue weighted by atomic mass is 32.1. The highest BCUT2D eigenvalue weighted by Crippen LogP contribution is 2.19. The smallest absolute Gasteiger partial charge is 0.272 e. The molecule has 78 valence electrons. The molecule has 0 atom stereocenters. The zero-order valence-corrected chi connectivity index (χ0v) is 8.87. The molecule has 2 aromatic heterocycles. The van der Waals surface area contributed by atoms with Gasteiger partial charge in [-0.2, -0.15) is 4.37 Å². The summed E-state index contributed by atoms with van der Waals surface area (Å²) in [7, 11) is 1.51.